The summed E-state index contributed by atoms with van der Waals surface area (Å²) in [6, 6.07) is 17.1. The van der Waals surface area contributed by atoms with Gasteiger partial charge in [-0.05, 0) is 24.7 Å². The second-order valence-corrected chi connectivity index (χ2v) is 7.89. The van der Waals surface area contributed by atoms with Gasteiger partial charge < -0.3 is 19.1 Å². The van der Waals surface area contributed by atoms with Crippen molar-refractivity contribution in [1.82, 2.24) is 4.90 Å². The van der Waals surface area contributed by atoms with Crippen LogP contribution in [-0.4, -0.2) is 36.0 Å². The normalized spacial score (nSPS) is 13.5. The SMILES string of the molecule is CCN(CC)CCOP(=O)(O)Cc1ccccc1OCc1ccccc1. The highest BCUT2D eigenvalue weighted by Gasteiger charge is 2.22. The Morgan fingerprint density at radius 3 is 2.35 bits per heavy atom. The van der Waals surface area contributed by atoms with Gasteiger partial charge in [0.2, 0.25) is 0 Å². The maximum Gasteiger partial charge on any atom is 0.332 e. The fourth-order valence-corrected chi connectivity index (χ4v) is 3.77. The van der Waals surface area contributed by atoms with Gasteiger partial charge in [-0.15, -0.1) is 0 Å². The Morgan fingerprint density at radius 2 is 1.65 bits per heavy atom. The molecule has 2 aromatic carbocycles. The third kappa shape index (κ3) is 6.93. The molecule has 1 unspecified atom stereocenters. The molecule has 5 nitrogen and oxygen atoms in total. The summed E-state index contributed by atoms with van der Waals surface area (Å²) >= 11 is 0. The fourth-order valence-electron chi connectivity index (χ4n) is 2.62. The van der Waals surface area contributed by atoms with Crippen LogP contribution in [0.5, 0.6) is 5.75 Å². The second kappa shape index (κ2) is 10.5. The Kier molecular flexibility index (Phi) is 8.33. The van der Waals surface area contributed by atoms with Crippen molar-refractivity contribution in [3.63, 3.8) is 0 Å². The van der Waals surface area contributed by atoms with E-state index in [2.05, 4.69) is 18.7 Å². The largest absolute Gasteiger partial charge is 0.489 e. The van der Waals surface area contributed by atoms with Gasteiger partial charge in [0, 0.05) is 12.1 Å². The van der Waals surface area contributed by atoms with Crippen LogP contribution in [0.4, 0.5) is 0 Å². The lowest BCUT2D eigenvalue weighted by Gasteiger charge is -2.20. The molecule has 0 amide bonds. The molecular formula is C20H28NO4P. The molecule has 1 N–H and O–H groups in total. The van der Waals surface area contributed by atoms with Crippen molar-refractivity contribution >= 4 is 7.60 Å². The number of hydrogen-bond donors (Lipinski definition) is 1. The molecule has 0 saturated heterocycles. The van der Waals surface area contributed by atoms with Crippen LogP contribution in [0.1, 0.15) is 25.0 Å². The first-order valence-corrected chi connectivity index (χ1v) is 10.7. The summed E-state index contributed by atoms with van der Waals surface area (Å²) in [4.78, 5) is 12.3. The van der Waals surface area contributed by atoms with Crippen LogP contribution >= 0.6 is 7.60 Å². The molecule has 0 heterocycles. The lowest BCUT2D eigenvalue weighted by Crippen LogP contribution is -2.26. The van der Waals surface area contributed by atoms with Crippen molar-refractivity contribution in [2.75, 3.05) is 26.2 Å². The van der Waals surface area contributed by atoms with Crippen LogP contribution in [0.3, 0.4) is 0 Å². The molecule has 1 atom stereocenters. The number of benzene rings is 2. The van der Waals surface area contributed by atoms with Gasteiger partial charge in [-0.1, -0.05) is 62.4 Å². The van der Waals surface area contributed by atoms with Crippen molar-refractivity contribution < 1.29 is 18.7 Å². The summed E-state index contributed by atoms with van der Waals surface area (Å²) in [6.07, 6.45) is -0.0593. The van der Waals surface area contributed by atoms with E-state index in [0.717, 1.165) is 18.7 Å². The van der Waals surface area contributed by atoms with Crippen molar-refractivity contribution in [1.29, 1.82) is 0 Å². The Morgan fingerprint density at radius 1 is 1.00 bits per heavy atom. The highest BCUT2D eigenvalue weighted by molar-refractivity contribution is 7.51. The molecule has 26 heavy (non-hydrogen) atoms. The van der Waals surface area contributed by atoms with Gasteiger partial charge in [0.15, 0.2) is 0 Å². The van der Waals surface area contributed by atoms with Crippen LogP contribution in [0, 0.1) is 0 Å². The predicted octanol–water partition coefficient (Wildman–Crippen LogP) is 4.31. The van der Waals surface area contributed by atoms with Gasteiger partial charge in [0.05, 0.1) is 12.8 Å². The fraction of sp³-hybridized carbons (Fsp3) is 0.400. The zero-order chi connectivity index (χ0) is 18.8. The molecular weight excluding hydrogens is 349 g/mol. The van der Waals surface area contributed by atoms with Gasteiger partial charge in [-0.3, -0.25) is 4.57 Å². The van der Waals surface area contributed by atoms with E-state index >= 15 is 0 Å². The Labute approximate surface area is 156 Å². The number of nitrogens with zero attached hydrogens (tertiary/aromatic N) is 1. The zero-order valence-electron chi connectivity index (χ0n) is 15.5. The standard InChI is InChI=1S/C20H28NO4P/c1-3-21(4-2)14-15-25-26(22,23)17-19-12-8-9-13-20(19)24-16-18-10-6-5-7-11-18/h5-13H,3-4,14-17H2,1-2H3,(H,22,23). The summed E-state index contributed by atoms with van der Waals surface area (Å²) in [5.41, 5.74) is 1.72. The zero-order valence-corrected chi connectivity index (χ0v) is 16.4. The summed E-state index contributed by atoms with van der Waals surface area (Å²) in [6.45, 7) is 7.20. The first-order valence-electron chi connectivity index (χ1n) is 8.97. The van der Waals surface area contributed by atoms with Crippen LogP contribution in [0.25, 0.3) is 0 Å². The van der Waals surface area contributed by atoms with Crippen molar-refractivity contribution in [2.24, 2.45) is 0 Å². The number of para-hydroxylation sites is 1. The molecule has 2 rings (SSSR count). The van der Waals surface area contributed by atoms with Crippen LogP contribution in [-0.2, 0) is 21.9 Å². The molecule has 142 valence electrons. The summed E-state index contributed by atoms with van der Waals surface area (Å²) in [5.74, 6) is 0.609. The van der Waals surface area contributed by atoms with E-state index in [1.807, 2.05) is 48.5 Å². The van der Waals surface area contributed by atoms with Crippen molar-refractivity contribution in [3.05, 3.63) is 65.7 Å². The quantitative estimate of drug-likeness (QED) is 0.592. The molecule has 0 saturated carbocycles. The van der Waals surface area contributed by atoms with Gasteiger partial charge in [0.25, 0.3) is 0 Å². The summed E-state index contributed by atoms with van der Waals surface area (Å²) < 4.78 is 23.6. The highest BCUT2D eigenvalue weighted by atomic mass is 31.2. The molecule has 0 fully saturated rings. The minimum Gasteiger partial charge on any atom is -0.489 e. The maximum absolute atomic E-state index is 12.4. The van der Waals surface area contributed by atoms with Gasteiger partial charge in [-0.25, -0.2) is 0 Å². The Bertz CT molecular complexity index is 704. The van der Waals surface area contributed by atoms with E-state index in [1.54, 1.807) is 6.07 Å². The summed E-state index contributed by atoms with van der Waals surface area (Å²) in [7, 11) is -3.72. The molecule has 0 bridgehead atoms. The third-order valence-electron chi connectivity index (χ3n) is 4.17. The first kappa shape index (κ1) is 20.7. The first-order chi connectivity index (χ1) is 12.5. The lowest BCUT2D eigenvalue weighted by atomic mass is 10.2. The number of likely N-dealkylation sites (N-methyl/N-ethyl adjacent to an activating group) is 1. The molecule has 6 heteroatoms. The van der Waals surface area contributed by atoms with Gasteiger partial charge >= 0.3 is 7.60 Å². The van der Waals surface area contributed by atoms with Crippen molar-refractivity contribution in [2.45, 2.75) is 26.6 Å². The van der Waals surface area contributed by atoms with E-state index in [0.29, 0.717) is 24.5 Å². The molecule has 0 aliphatic heterocycles. The molecule has 0 aliphatic rings. The van der Waals surface area contributed by atoms with Crippen LogP contribution < -0.4 is 4.74 Å². The Hall–Kier alpha value is -1.65. The van der Waals surface area contributed by atoms with Gasteiger partial charge in [-0.2, -0.15) is 0 Å². The monoisotopic (exact) mass is 377 g/mol. The number of rotatable bonds is 11. The average molecular weight is 377 g/mol. The maximum atomic E-state index is 12.4. The van der Waals surface area contributed by atoms with Crippen LogP contribution in [0.15, 0.2) is 54.6 Å². The number of hydrogen-bond acceptors (Lipinski definition) is 4. The van der Waals surface area contributed by atoms with E-state index < -0.39 is 7.60 Å². The minimum absolute atomic E-state index is 0.0593. The molecule has 0 radical (unpaired) electrons. The molecule has 0 aromatic heterocycles. The summed E-state index contributed by atoms with van der Waals surface area (Å²) in [5, 5.41) is 0. The van der Waals surface area contributed by atoms with Crippen LogP contribution in [0.2, 0.25) is 0 Å². The number of ether oxygens (including phenoxy) is 1. The average Bonchev–Trinajstić information content (AvgIpc) is 2.65. The molecule has 0 spiro atoms. The van der Waals surface area contributed by atoms with Crippen molar-refractivity contribution in [3.8, 4) is 5.75 Å². The smallest absolute Gasteiger partial charge is 0.332 e. The third-order valence-corrected chi connectivity index (χ3v) is 5.50. The van der Waals surface area contributed by atoms with E-state index in [1.165, 1.54) is 0 Å². The Balaban J connectivity index is 1.94. The minimum atomic E-state index is -3.72. The van der Waals surface area contributed by atoms with E-state index in [-0.39, 0.29) is 12.8 Å². The topological polar surface area (TPSA) is 59.0 Å². The van der Waals surface area contributed by atoms with E-state index in [9.17, 15) is 9.46 Å². The van der Waals surface area contributed by atoms with Gasteiger partial charge in [0.1, 0.15) is 12.4 Å². The molecule has 0 aliphatic carbocycles. The predicted molar refractivity (Wildman–Crippen MR) is 104 cm³/mol. The van der Waals surface area contributed by atoms with E-state index in [4.69, 9.17) is 9.26 Å². The highest BCUT2D eigenvalue weighted by Crippen LogP contribution is 2.47. The lowest BCUT2D eigenvalue weighted by molar-refractivity contribution is 0.201. The molecule has 2 aromatic rings. The second-order valence-electron chi connectivity index (χ2n) is 6.04.